The van der Waals surface area contributed by atoms with Gasteiger partial charge in [-0.3, -0.25) is 0 Å². The van der Waals surface area contributed by atoms with E-state index in [1.165, 1.54) is 7.11 Å². The molecule has 0 saturated carbocycles. The summed E-state index contributed by atoms with van der Waals surface area (Å²) >= 11 is 12.4. The number of carbonyl (C=O) groups is 1. The molecule has 0 bridgehead atoms. The zero-order chi connectivity index (χ0) is 14.3. The number of ether oxygens (including phenoxy) is 1. The number of carbonyl (C=O) groups excluding carboxylic acids is 1. The van der Waals surface area contributed by atoms with Crippen molar-refractivity contribution in [1.29, 1.82) is 0 Å². The van der Waals surface area contributed by atoms with Gasteiger partial charge in [0.15, 0.2) is 0 Å². The van der Waals surface area contributed by atoms with Gasteiger partial charge in [0, 0.05) is 15.4 Å². The van der Waals surface area contributed by atoms with Crippen molar-refractivity contribution in [1.82, 2.24) is 0 Å². The van der Waals surface area contributed by atoms with Gasteiger partial charge in [-0.15, -0.1) is 0 Å². The summed E-state index contributed by atoms with van der Waals surface area (Å²) < 4.78 is 4.81. The summed E-state index contributed by atoms with van der Waals surface area (Å²) in [5.41, 5.74) is 0.494. The Morgan fingerprint density at radius 2 is 1.75 bits per heavy atom. The maximum atomic E-state index is 11.9. The highest BCUT2D eigenvalue weighted by molar-refractivity contribution is 6.39. The number of benzene rings is 3. The van der Waals surface area contributed by atoms with Crippen LogP contribution in [0.3, 0.4) is 0 Å². The third-order valence-corrected chi connectivity index (χ3v) is 3.86. The van der Waals surface area contributed by atoms with Gasteiger partial charge in [-0.1, -0.05) is 41.4 Å². The molecule has 3 aromatic carbocycles. The lowest BCUT2D eigenvalue weighted by Gasteiger charge is -2.10. The van der Waals surface area contributed by atoms with Crippen molar-refractivity contribution < 1.29 is 9.53 Å². The van der Waals surface area contributed by atoms with E-state index in [4.69, 9.17) is 27.9 Å². The number of methoxy groups -OCH3 is 1. The molecule has 3 rings (SSSR count). The van der Waals surface area contributed by atoms with E-state index in [-0.39, 0.29) is 5.97 Å². The molecular formula is C16H10Cl2O2. The van der Waals surface area contributed by atoms with E-state index in [0.29, 0.717) is 15.6 Å². The number of rotatable bonds is 1. The molecule has 0 radical (unpaired) electrons. The third kappa shape index (κ3) is 2.01. The second kappa shape index (κ2) is 4.97. The Bertz CT molecular complexity index is 841. The van der Waals surface area contributed by atoms with Gasteiger partial charge in [-0.05, 0) is 40.4 Å². The topological polar surface area (TPSA) is 26.3 Å². The van der Waals surface area contributed by atoms with Crippen LogP contribution in [-0.2, 0) is 4.74 Å². The summed E-state index contributed by atoms with van der Waals surface area (Å²) in [6, 6.07) is 12.8. The Kier molecular flexibility index (Phi) is 3.28. The fourth-order valence-electron chi connectivity index (χ4n) is 2.40. The Balaban J connectivity index is 2.50. The lowest BCUT2D eigenvalue weighted by molar-refractivity contribution is 0.0603. The summed E-state index contributed by atoms with van der Waals surface area (Å²) in [5, 5.41) is 4.73. The number of hydrogen-bond acceptors (Lipinski definition) is 2. The summed E-state index contributed by atoms with van der Waals surface area (Å²) in [5.74, 6) is -0.381. The molecule has 2 nitrogen and oxygen atoms in total. The summed E-state index contributed by atoms with van der Waals surface area (Å²) in [7, 11) is 1.36. The fraction of sp³-hybridized carbons (Fsp3) is 0.0625. The number of halogens is 2. The van der Waals surface area contributed by atoms with Crippen LogP contribution in [0.25, 0.3) is 21.5 Å². The molecule has 0 aliphatic rings. The molecule has 0 aliphatic carbocycles. The predicted octanol–water partition coefficient (Wildman–Crippen LogP) is 5.09. The minimum absolute atomic E-state index is 0.381. The van der Waals surface area contributed by atoms with Gasteiger partial charge in [0.1, 0.15) is 0 Å². The fourth-order valence-corrected chi connectivity index (χ4v) is 2.84. The molecule has 0 N–H and O–H groups in total. The van der Waals surface area contributed by atoms with Crippen LogP contribution in [-0.4, -0.2) is 13.1 Å². The van der Waals surface area contributed by atoms with Crippen molar-refractivity contribution >= 4 is 50.7 Å². The summed E-state index contributed by atoms with van der Waals surface area (Å²) in [6.45, 7) is 0. The molecule has 0 atom stereocenters. The van der Waals surface area contributed by atoms with Gasteiger partial charge in [-0.2, -0.15) is 0 Å². The lowest BCUT2D eigenvalue weighted by Crippen LogP contribution is -2.01. The van der Waals surface area contributed by atoms with Crippen molar-refractivity contribution in [2.45, 2.75) is 0 Å². The Hall–Kier alpha value is -1.77. The second-order valence-electron chi connectivity index (χ2n) is 4.44. The summed E-state index contributed by atoms with van der Waals surface area (Å²) in [6.07, 6.45) is 0. The molecular weight excluding hydrogens is 295 g/mol. The van der Waals surface area contributed by atoms with E-state index in [9.17, 15) is 4.79 Å². The van der Waals surface area contributed by atoms with Crippen LogP contribution in [0.4, 0.5) is 0 Å². The van der Waals surface area contributed by atoms with E-state index in [1.54, 1.807) is 18.2 Å². The molecule has 100 valence electrons. The van der Waals surface area contributed by atoms with Gasteiger partial charge < -0.3 is 4.74 Å². The maximum absolute atomic E-state index is 11.9. The van der Waals surface area contributed by atoms with Gasteiger partial charge in [0.2, 0.25) is 0 Å². The van der Waals surface area contributed by atoms with Crippen LogP contribution < -0.4 is 0 Å². The van der Waals surface area contributed by atoms with Gasteiger partial charge in [0.05, 0.1) is 12.7 Å². The van der Waals surface area contributed by atoms with Crippen molar-refractivity contribution in [2.24, 2.45) is 0 Å². The first-order valence-corrected chi connectivity index (χ1v) is 6.76. The van der Waals surface area contributed by atoms with Crippen molar-refractivity contribution in [3.63, 3.8) is 0 Å². The highest BCUT2D eigenvalue weighted by Crippen LogP contribution is 2.34. The zero-order valence-electron chi connectivity index (χ0n) is 10.6. The van der Waals surface area contributed by atoms with Crippen LogP contribution >= 0.6 is 23.2 Å². The molecule has 20 heavy (non-hydrogen) atoms. The van der Waals surface area contributed by atoms with Crippen LogP contribution in [0.15, 0.2) is 42.5 Å². The number of esters is 1. The van der Waals surface area contributed by atoms with Gasteiger partial charge >= 0.3 is 5.97 Å². The average Bonchev–Trinajstić information content (AvgIpc) is 2.46. The second-order valence-corrected chi connectivity index (χ2v) is 5.28. The molecule has 0 fully saturated rings. The van der Waals surface area contributed by atoms with E-state index in [0.717, 1.165) is 21.5 Å². The van der Waals surface area contributed by atoms with E-state index < -0.39 is 0 Å². The predicted molar refractivity (Wildman–Crippen MR) is 82.8 cm³/mol. The van der Waals surface area contributed by atoms with Crippen LogP contribution in [0.1, 0.15) is 10.4 Å². The third-order valence-electron chi connectivity index (χ3n) is 3.31. The Morgan fingerprint density at radius 3 is 2.50 bits per heavy atom. The molecule has 0 aromatic heterocycles. The highest BCUT2D eigenvalue weighted by Gasteiger charge is 2.13. The first-order valence-electron chi connectivity index (χ1n) is 6.00. The molecule has 0 spiro atoms. The van der Waals surface area contributed by atoms with E-state index in [2.05, 4.69) is 0 Å². The monoisotopic (exact) mass is 304 g/mol. The van der Waals surface area contributed by atoms with Crippen LogP contribution in [0, 0.1) is 0 Å². The number of hydrogen-bond donors (Lipinski definition) is 0. The quantitative estimate of drug-likeness (QED) is 0.462. The minimum Gasteiger partial charge on any atom is -0.465 e. The lowest BCUT2D eigenvalue weighted by atomic mass is 9.98. The van der Waals surface area contributed by atoms with Crippen molar-refractivity contribution in [3.05, 3.63) is 58.1 Å². The molecule has 0 amide bonds. The normalized spacial score (nSPS) is 10.9. The Labute approximate surface area is 125 Å². The summed E-state index contributed by atoms with van der Waals surface area (Å²) in [4.78, 5) is 11.9. The molecule has 4 heteroatoms. The zero-order valence-corrected chi connectivity index (χ0v) is 12.1. The molecule has 0 saturated heterocycles. The SMILES string of the molecule is COC(=O)c1cccc2c1cc(Cl)c1ccc(Cl)cc12. The first-order chi connectivity index (χ1) is 9.61. The van der Waals surface area contributed by atoms with Crippen molar-refractivity contribution in [3.8, 4) is 0 Å². The van der Waals surface area contributed by atoms with Gasteiger partial charge in [-0.25, -0.2) is 4.79 Å². The Morgan fingerprint density at radius 1 is 0.950 bits per heavy atom. The minimum atomic E-state index is -0.381. The van der Waals surface area contributed by atoms with Gasteiger partial charge in [0.25, 0.3) is 0 Å². The molecule has 0 aliphatic heterocycles. The smallest absolute Gasteiger partial charge is 0.338 e. The standard InChI is InChI=1S/C16H10Cl2O2/c1-20-16(19)12-4-2-3-10-13-7-9(17)5-6-11(13)15(18)8-14(10)12/h2-8H,1H3. The molecule has 0 heterocycles. The van der Waals surface area contributed by atoms with E-state index in [1.807, 2.05) is 24.3 Å². The molecule has 3 aromatic rings. The molecule has 0 unspecified atom stereocenters. The van der Waals surface area contributed by atoms with Crippen LogP contribution in [0.2, 0.25) is 10.0 Å². The van der Waals surface area contributed by atoms with Crippen LogP contribution in [0.5, 0.6) is 0 Å². The van der Waals surface area contributed by atoms with E-state index >= 15 is 0 Å². The highest BCUT2D eigenvalue weighted by atomic mass is 35.5. The maximum Gasteiger partial charge on any atom is 0.338 e. The average molecular weight is 305 g/mol. The van der Waals surface area contributed by atoms with Crippen molar-refractivity contribution in [2.75, 3.05) is 7.11 Å². The number of fused-ring (bicyclic) bond motifs is 3. The first kappa shape index (κ1) is 13.2. The largest absolute Gasteiger partial charge is 0.465 e.